The highest BCUT2D eigenvalue weighted by atomic mass is 32.1. The van der Waals surface area contributed by atoms with Crippen molar-refractivity contribution < 1.29 is 28.7 Å². The van der Waals surface area contributed by atoms with Gasteiger partial charge in [0.05, 0.1) is 13.7 Å². The molecule has 2 aromatic carbocycles. The van der Waals surface area contributed by atoms with Crippen LogP contribution in [-0.4, -0.2) is 68.8 Å². The third kappa shape index (κ3) is 5.87. The van der Waals surface area contributed by atoms with Crippen molar-refractivity contribution in [1.82, 2.24) is 9.80 Å². The fourth-order valence-electron chi connectivity index (χ4n) is 7.78. The van der Waals surface area contributed by atoms with E-state index in [9.17, 15) is 19.2 Å². The normalized spacial score (nSPS) is 20.3. The fourth-order valence-corrected chi connectivity index (χ4v) is 8.66. The van der Waals surface area contributed by atoms with Gasteiger partial charge in [-0.05, 0) is 106 Å². The summed E-state index contributed by atoms with van der Waals surface area (Å²) in [5, 5.41) is 0.329. The number of ether oxygens (including phenoxy) is 2. The van der Waals surface area contributed by atoms with Crippen LogP contribution in [0.5, 0.6) is 0 Å². The number of nitrogens with zero attached hydrogens (tertiary/aromatic N) is 4. The summed E-state index contributed by atoms with van der Waals surface area (Å²) in [7, 11) is 1.25. The first-order valence-electron chi connectivity index (χ1n) is 16.9. The molecule has 0 N–H and O–H groups in total. The molecule has 2 heterocycles. The Hall–Kier alpha value is -3.90. The molecule has 2 aliphatic heterocycles. The van der Waals surface area contributed by atoms with E-state index in [2.05, 4.69) is 0 Å². The number of rotatable bonds is 7. The number of thiocarbonyl (C=S) groups is 2. The Labute approximate surface area is 292 Å². The molecule has 2 saturated carbocycles. The molecule has 4 aliphatic rings. The van der Waals surface area contributed by atoms with Gasteiger partial charge in [0.2, 0.25) is 0 Å². The molecule has 6 rings (SSSR count). The van der Waals surface area contributed by atoms with E-state index in [0.29, 0.717) is 32.1 Å². The molecule has 4 amide bonds. The number of anilines is 2. The van der Waals surface area contributed by atoms with Gasteiger partial charge in [0.1, 0.15) is 11.1 Å². The van der Waals surface area contributed by atoms with Crippen LogP contribution >= 0.6 is 24.4 Å². The molecule has 48 heavy (non-hydrogen) atoms. The molecule has 0 bridgehead atoms. The quantitative estimate of drug-likeness (QED) is 0.219. The number of amides is 4. The molecule has 0 unspecified atom stereocenters. The predicted octanol–water partition coefficient (Wildman–Crippen LogP) is 7.19. The SMILES string of the molecule is COC(=O)N1C(=O)C2(CCCCC2)N(c2ccc(CCCCOC(=O)N3C(=O)C4(CCCCC4)N(c4ccc(C)cc4)C3=S)cc2)C1=S. The second-order valence-electron chi connectivity index (χ2n) is 13.2. The molecule has 0 aromatic heterocycles. The average Bonchev–Trinajstić information content (AvgIpc) is 3.43. The summed E-state index contributed by atoms with van der Waals surface area (Å²) < 4.78 is 10.5. The van der Waals surface area contributed by atoms with Gasteiger partial charge in [-0.25, -0.2) is 9.59 Å². The molecule has 2 spiro atoms. The molecule has 0 atom stereocenters. The monoisotopic (exact) mass is 690 g/mol. The number of unbranched alkanes of at least 4 members (excludes halogenated alkanes) is 1. The first-order valence-corrected chi connectivity index (χ1v) is 17.7. The lowest BCUT2D eigenvalue weighted by molar-refractivity contribution is -0.131. The molecular weight excluding hydrogens is 649 g/mol. The van der Waals surface area contributed by atoms with Crippen LogP contribution in [0, 0.1) is 6.92 Å². The second-order valence-corrected chi connectivity index (χ2v) is 14.0. The molecule has 2 saturated heterocycles. The minimum absolute atomic E-state index is 0.149. The van der Waals surface area contributed by atoms with Crippen LogP contribution in [-0.2, 0) is 25.5 Å². The van der Waals surface area contributed by atoms with Crippen LogP contribution < -0.4 is 9.80 Å². The van der Waals surface area contributed by atoms with Gasteiger partial charge in [-0.2, -0.15) is 9.80 Å². The summed E-state index contributed by atoms with van der Waals surface area (Å²) in [5.74, 6) is -0.604. The van der Waals surface area contributed by atoms with Crippen LogP contribution in [0.4, 0.5) is 21.0 Å². The topological polar surface area (TPSA) is 99.7 Å². The van der Waals surface area contributed by atoms with Crippen molar-refractivity contribution in [1.29, 1.82) is 0 Å². The summed E-state index contributed by atoms with van der Waals surface area (Å²) in [6.07, 6.45) is 8.81. The van der Waals surface area contributed by atoms with Gasteiger partial charge in [0, 0.05) is 11.4 Å². The van der Waals surface area contributed by atoms with E-state index >= 15 is 0 Å². The molecule has 4 fully saturated rings. The van der Waals surface area contributed by atoms with Crippen molar-refractivity contribution >= 4 is 70.0 Å². The number of benzene rings is 2. The zero-order chi connectivity index (χ0) is 34.1. The summed E-state index contributed by atoms with van der Waals surface area (Å²) in [5.41, 5.74) is 2.04. The summed E-state index contributed by atoms with van der Waals surface area (Å²) >= 11 is 11.4. The molecular formula is C36H42N4O6S2. The standard InChI is InChI=1S/C36H42N4O6S2/c1-25-12-16-27(17-13-25)39-32(48)38(30(42)36(39)22-8-4-9-23-36)34(44)46-24-10-5-11-26-14-18-28(19-15-26)40-31(47)37(33(43)45-2)29(41)35(40)20-6-3-7-21-35/h12-19H,3-11,20-24H2,1-2H3. The first-order chi connectivity index (χ1) is 23.1. The lowest BCUT2D eigenvalue weighted by atomic mass is 9.80. The van der Waals surface area contributed by atoms with Gasteiger partial charge >= 0.3 is 12.2 Å². The molecule has 254 valence electrons. The van der Waals surface area contributed by atoms with Gasteiger partial charge < -0.3 is 19.3 Å². The van der Waals surface area contributed by atoms with E-state index in [1.807, 2.05) is 65.3 Å². The molecule has 12 heteroatoms. The van der Waals surface area contributed by atoms with Crippen LogP contribution in [0.3, 0.4) is 0 Å². The maximum absolute atomic E-state index is 13.8. The summed E-state index contributed by atoms with van der Waals surface area (Å²) in [6, 6.07) is 15.8. The van der Waals surface area contributed by atoms with Gasteiger partial charge in [-0.1, -0.05) is 68.4 Å². The lowest BCUT2D eigenvalue weighted by Crippen LogP contribution is -2.51. The highest BCUT2D eigenvalue weighted by molar-refractivity contribution is 7.80. The average molecular weight is 691 g/mol. The van der Waals surface area contributed by atoms with E-state index in [4.69, 9.17) is 33.9 Å². The zero-order valence-corrected chi connectivity index (χ0v) is 29.2. The largest absolute Gasteiger partial charge is 0.452 e. The van der Waals surface area contributed by atoms with Crippen LogP contribution in [0.15, 0.2) is 48.5 Å². The van der Waals surface area contributed by atoms with Crippen molar-refractivity contribution in [3.05, 3.63) is 59.7 Å². The first kappa shape index (κ1) is 34.0. The fraction of sp³-hybridized carbons (Fsp3) is 0.500. The Morgan fingerprint density at radius 1 is 0.688 bits per heavy atom. The number of methoxy groups -OCH3 is 1. The summed E-state index contributed by atoms with van der Waals surface area (Å²) in [4.78, 5) is 58.9. The number of carbonyl (C=O) groups excluding carboxylic acids is 4. The molecule has 2 aromatic rings. The van der Waals surface area contributed by atoms with Crippen molar-refractivity contribution in [2.75, 3.05) is 23.5 Å². The van der Waals surface area contributed by atoms with Gasteiger partial charge in [-0.15, -0.1) is 0 Å². The third-order valence-electron chi connectivity index (χ3n) is 10.3. The number of hydrogen-bond donors (Lipinski definition) is 0. The predicted molar refractivity (Wildman–Crippen MR) is 190 cm³/mol. The zero-order valence-electron chi connectivity index (χ0n) is 27.6. The lowest BCUT2D eigenvalue weighted by Gasteiger charge is -2.39. The van der Waals surface area contributed by atoms with Crippen molar-refractivity contribution in [2.45, 2.75) is 101 Å². The smallest absolute Gasteiger partial charge is 0.423 e. The maximum Gasteiger partial charge on any atom is 0.423 e. The Balaban J connectivity index is 1.06. The molecule has 2 aliphatic carbocycles. The number of imide groups is 2. The Morgan fingerprint density at radius 3 is 1.62 bits per heavy atom. The minimum atomic E-state index is -0.873. The second kappa shape index (κ2) is 13.9. The minimum Gasteiger partial charge on any atom is -0.452 e. The highest BCUT2D eigenvalue weighted by Gasteiger charge is 2.59. The van der Waals surface area contributed by atoms with Gasteiger partial charge in [0.15, 0.2) is 10.2 Å². The van der Waals surface area contributed by atoms with Crippen molar-refractivity contribution in [2.24, 2.45) is 0 Å². The van der Waals surface area contributed by atoms with E-state index in [1.165, 1.54) is 7.11 Å². The van der Waals surface area contributed by atoms with Crippen molar-refractivity contribution in [3.63, 3.8) is 0 Å². The van der Waals surface area contributed by atoms with E-state index in [0.717, 1.165) is 83.7 Å². The Morgan fingerprint density at radius 2 is 1.15 bits per heavy atom. The van der Waals surface area contributed by atoms with E-state index < -0.39 is 23.3 Å². The maximum atomic E-state index is 13.8. The van der Waals surface area contributed by atoms with Crippen LogP contribution in [0.25, 0.3) is 0 Å². The van der Waals surface area contributed by atoms with Gasteiger partial charge in [0.25, 0.3) is 11.8 Å². The number of hydrogen-bond acceptors (Lipinski definition) is 8. The summed E-state index contributed by atoms with van der Waals surface area (Å²) in [6.45, 7) is 2.17. The highest BCUT2D eigenvalue weighted by Crippen LogP contribution is 2.45. The van der Waals surface area contributed by atoms with Crippen molar-refractivity contribution in [3.8, 4) is 0 Å². The number of carbonyl (C=O) groups is 4. The third-order valence-corrected chi connectivity index (χ3v) is 11.0. The Bertz CT molecular complexity index is 1600. The number of aryl methyl sites for hydroxylation is 2. The Kier molecular flexibility index (Phi) is 9.85. The van der Waals surface area contributed by atoms with Crippen LogP contribution in [0.1, 0.15) is 88.2 Å². The van der Waals surface area contributed by atoms with E-state index in [-0.39, 0.29) is 28.6 Å². The van der Waals surface area contributed by atoms with E-state index in [1.54, 1.807) is 0 Å². The molecule has 0 radical (unpaired) electrons. The van der Waals surface area contributed by atoms with Gasteiger partial charge in [-0.3, -0.25) is 9.59 Å². The molecule has 10 nitrogen and oxygen atoms in total. The van der Waals surface area contributed by atoms with Crippen LogP contribution in [0.2, 0.25) is 0 Å².